The van der Waals surface area contributed by atoms with Crippen molar-refractivity contribution in [3.8, 4) is 0 Å². The molecule has 3 aliphatic rings. The Hall–Kier alpha value is -0.940. The molecule has 0 aromatic carbocycles. The number of nitrogens with zero attached hydrogens (tertiary/aromatic N) is 3. The molecule has 1 amide bonds. The Morgan fingerprint density at radius 2 is 1.83 bits per heavy atom. The Morgan fingerprint density at radius 1 is 1.09 bits per heavy atom. The molecule has 0 atom stereocenters. The number of rotatable bonds is 4. The smallest absolute Gasteiger partial charge is 0.225 e. The molecule has 0 bridgehead atoms. The molecule has 3 fully saturated rings. The van der Waals surface area contributed by atoms with E-state index in [0.717, 1.165) is 51.5 Å². The average molecular weight is 334 g/mol. The third-order valence-corrected chi connectivity index (χ3v) is 6.41. The van der Waals surface area contributed by atoms with Gasteiger partial charge in [0.15, 0.2) is 0 Å². The lowest BCUT2D eigenvalue weighted by Gasteiger charge is -2.36. The van der Waals surface area contributed by atoms with Crippen molar-refractivity contribution >= 4 is 17.2 Å². The Labute approximate surface area is 142 Å². The van der Waals surface area contributed by atoms with Gasteiger partial charge < -0.3 is 4.90 Å². The first-order valence-corrected chi connectivity index (χ1v) is 10.1. The highest BCUT2D eigenvalue weighted by molar-refractivity contribution is 7.09. The van der Waals surface area contributed by atoms with Crippen LogP contribution in [0.5, 0.6) is 0 Å². The zero-order valence-electron chi connectivity index (χ0n) is 13.9. The molecule has 5 heteroatoms. The number of thiazole rings is 1. The van der Waals surface area contributed by atoms with Gasteiger partial charge in [-0.25, -0.2) is 4.98 Å². The van der Waals surface area contributed by atoms with E-state index in [9.17, 15) is 4.79 Å². The highest BCUT2D eigenvalue weighted by Crippen LogP contribution is 2.40. The summed E-state index contributed by atoms with van der Waals surface area (Å²) in [5.74, 6) is 1.50. The molecule has 1 aromatic rings. The first kappa shape index (κ1) is 15.6. The van der Waals surface area contributed by atoms with Crippen molar-refractivity contribution in [2.75, 3.05) is 26.2 Å². The zero-order valence-corrected chi connectivity index (χ0v) is 14.7. The monoisotopic (exact) mass is 333 g/mol. The van der Waals surface area contributed by atoms with Gasteiger partial charge in [0.25, 0.3) is 0 Å². The third kappa shape index (κ3) is 3.77. The minimum atomic E-state index is 0.315. The fraction of sp³-hybridized carbons (Fsp3) is 0.778. The minimum absolute atomic E-state index is 0.315. The number of carbonyl (C=O) groups excluding carboxylic acids is 1. The van der Waals surface area contributed by atoms with Crippen LogP contribution in [0.3, 0.4) is 0 Å². The lowest BCUT2D eigenvalue weighted by molar-refractivity contribution is -0.138. The second-order valence-electron chi connectivity index (χ2n) is 7.38. The van der Waals surface area contributed by atoms with Crippen LogP contribution in [0.25, 0.3) is 0 Å². The van der Waals surface area contributed by atoms with Crippen molar-refractivity contribution in [2.24, 2.45) is 5.92 Å². The summed E-state index contributed by atoms with van der Waals surface area (Å²) in [7, 11) is 0. The van der Waals surface area contributed by atoms with Crippen molar-refractivity contribution in [1.82, 2.24) is 14.8 Å². The standard InChI is InChI=1S/C18H27N3OS/c22-18(15-4-2-1-3-5-15)21-10-8-20(9-11-21)12-17-19-16(13-23-17)14-6-7-14/h13-15H,1-12H2. The molecule has 2 saturated carbocycles. The van der Waals surface area contributed by atoms with E-state index in [0.29, 0.717) is 11.8 Å². The number of piperazine rings is 1. The molecule has 4 nitrogen and oxygen atoms in total. The topological polar surface area (TPSA) is 36.4 Å². The van der Waals surface area contributed by atoms with E-state index in [-0.39, 0.29) is 0 Å². The predicted molar refractivity (Wildman–Crippen MR) is 92.5 cm³/mol. The van der Waals surface area contributed by atoms with Crippen LogP contribution in [0.1, 0.15) is 61.6 Å². The first-order valence-electron chi connectivity index (χ1n) is 9.25. The van der Waals surface area contributed by atoms with Crippen LogP contribution >= 0.6 is 11.3 Å². The second-order valence-corrected chi connectivity index (χ2v) is 8.32. The molecule has 0 unspecified atom stereocenters. The number of hydrogen-bond donors (Lipinski definition) is 0. The van der Waals surface area contributed by atoms with Crippen LogP contribution in [0.15, 0.2) is 5.38 Å². The van der Waals surface area contributed by atoms with Crippen LogP contribution in [0, 0.1) is 5.92 Å². The number of amides is 1. The fourth-order valence-electron chi connectivity index (χ4n) is 3.89. The molecule has 2 heterocycles. The molecule has 0 radical (unpaired) electrons. The Bertz CT molecular complexity index is 540. The SMILES string of the molecule is O=C(C1CCCCC1)N1CCN(Cc2nc(C3CC3)cs2)CC1. The summed E-state index contributed by atoms with van der Waals surface area (Å²) in [5, 5.41) is 3.49. The van der Waals surface area contributed by atoms with Crippen molar-refractivity contribution in [2.45, 2.75) is 57.4 Å². The van der Waals surface area contributed by atoms with Gasteiger partial charge in [-0.3, -0.25) is 9.69 Å². The summed E-state index contributed by atoms with van der Waals surface area (Å²) in [5.41, 5.74) is 1.32. The molecule has 1 aromatic heterocycles. The maximum absolute atomic E-state index is 12.6. The van der Waals surface area contributed by atoms with Gasteiger partial charge in [-0.15, -0.1) is 11.3 Å². The van der Waals surface area contributed by atoms with Gasteiger partial charge in [-0.1, -0.05) is 19.3 Å². The van der Waals surface area contributed by atoms with Crippen molar-refractivity contribution in [3.05, 3.63) is 16.1 Å². The summed E-state index contributed by atoms with van der Waals surface area (Å²) in [6.07, 6.45) is 8.67. The number of hydrogen-bond acceptors (Lipinski definition) is 4. The molecule has 1 aliphatic heterocycles. The highest BCUT2D eigenvalue weighted by atomic mass is 32.1. The van der Waals surface area contributed by atoms with Crippen LogP contribution in [-0.2, 0) is 11.3 Å². The molecular formula is C18H27N3OS. The van der Waals surface area contributed by atoms with Gasteiger partial charge in [0.2, 0.25) is 5.91 Å². The first-order chi connectivity index (χ1) is 11.3. The lowest BCUT2D eigenvalue weighted by Crippen LogP contribution is -2.50. The lowest BCUT2D eigenvalue weighted by atomic mass is 9.88. The van der Waals surface area contributed by atoms with E-state index in [4.69, 9.17) is 4.98 Å². The summed E-state index contributed by atoms with van der Waals surface area (Å²) in [6, 6.07) is 0. The van der Waals surface area contributed by atoms with Gasteiger partial charge in [0.05, 0.1) is 12.2 Å². The van der Waals surface area contributed by atoms with Crippen LogP contribution in [0.2, 0.25) is 0 Å². The number of carbonyl (C=O) groups is 1. The van der Waals surface area contributed by atoms with Crippen LogP contribution < -0.4 is 0 Å². The summed E-state index contributed by atoms with van der Waals surface area (Å²) in [4.78, 5) is 22.0. The van der Waals surface area contributed by atoms with Crippen molar-refractivity contribution < 1.29 is 4.79 Å². The number of aromatic nitrogens is 1. The Kier molecular flexibility index (Phi) is 4.67. The van der Waals surface area contributed by atoms with Gasteiger partial charge in [0.1, 0.15) is 5.01 Å². The largest absolute Gasteiger partial charge is 0.340 e. The molecule has 126 valence electrons. The van der Waals surface area contributed by atoms with E-state index in [1.54, 1.807) is 0 Å². The van der Waals surface area contributed by atoms with E-state index < -0.39 is 0 Å². The summed E-state index contributed by atoms with van der Waals surface area (Å²) >= 11 is 1.81. The van der Waals surface area contributed by atoms with Gasteiger partial charge >= 0.3 is 0 Å². The van der Waals surface area contributed by atoms with E-state index in [2.05, 4.69) is 15.2 Å². The quantitative estimate of drug-likeness (QED) is 0.849. The Morgan fingerprint density at radius 3 is 2.52 bits per heavy atom. The molecule has 0 N–H and O–H groups in total. The highest BCUT2D eigenvalue weighted by Gasteiger charge is 2.29. The maximum Gasteiger partial charge on any atom is 0.225 e. The third-order valence-electron chi connectivity index (χ3n) is 5.56. The summed E-state index contributed by atoms with van der Waals surface area (Å²) in [6.45, 7) is 4.75. The maximum atomic E-state index is 12.6. The van der Waals surface area contributed by atoms with Crippen LogP contribution in [0.4, 0.5) is 0 Å². The molecule has 4 rings (SSSR count). The average Bonchev–Trinajstić information content (AvgIpc) is 3.36. The van der Waals surface area contributed by atoms with E-state index in [1.807, 2.05) is 11.3 Å². The predicted octanol–water partition coefficient (Wildman–Crippen LogP) is 3.25. The minimum Gasteiger partial charge on any atom is -0.340 e. The van der Waals surface area contributed by atoms with Crippen molar-refractivity contribution in [3.63, 3.8) is 0 Å². The molecule has 2 aliphatic carbocycles. The van der Waals surface area contributed by atoms with E-state index >= 15 is 0 Å². The molecule has 1 saturated heterocycles. The van der Waals surface area contributed by atoms with Gasteiger partial charge in [0, 0.05) is 43.4 Å². The summed E-state index contributed by atoms with van der Waals surface area (Å²) < 4.78 is 0. The second kappa shape index (κ2) is 6.89. The molecular weight excluding hydrogens is 306 g/mol. The zero-order chi connectivity index (χ0) is 15.6. The van der Waals surface area contributed by atoms with Crippen molar-refractivity contribution in [1.29, 1.82) is 0 Å². The molecule has 0 spiro atoms. The van der Waals surface area contributed by atoms with Crippen LogP contribution in [-0.4, -0.2) is 46.9 Å². The fourth-order valence-corrected chi connectivity index (χ4v) is 4.81. The van der Waals surface area contributed by atoms with Gasteiger partial charge in [-0.2, -0.15) is 0 Å². The van der Waals surface area contributed by atoms with Gasteiger partial charge in [-0.05, 0) is 25.7 Å². The van der Waals surface area contributed by atoms with E-state index in [1.165, 1.54) is 42.8 Å². The normalized spacial score (nSPS) is 24.1. The Balaban J connectivity index is 1.25. The molecule has 23 heavy (non-hydrogen) atoms.